The first-order valence-corrected chi connectivity index (χ1v) is 10.4. The monoisotopic (exact) mass is 391 g/mol. The predicted octanol–water partition coefficient (Wildman–Crippen LogP) is 2.24. The summed E-state index contributed by atoms with van der Waals surface area (Å²) >= 11 is 0. The van der Waals surface area contributed by atoms with Crippen molar-refractivity contribution in [1.82, 2.24) is 15.0 Å². The number of carbonyl (C=O) groups excluding carboxylic acids is 1. The average molecular weight is 391 g/mol. The van der Waals surface area contributed by atoms with Crippen LogP contribution < -0.4 is 14.8 Å². The first-order valence-electron chi connectivity index (χ1n) is 8.74. The van der Waals surface area contributed by atoms with Crippen LogP contribution in [0.1, 0.15) is 42.3 Å². The van der Waals surface area contributed by atoms with Crippen LogP contribution in [0.2, 0.25) is 0 Å². The summed E-state index contributed by atoms with van der Waals surface area (Å²) < 4.78 is 31.9. The lowest BCUT2D eigenvalue weighted by Gasteiger charge is -2.11. The van der Waals surface area contributed by atoms with Crippen molar-refractivity contribution in [2.45, 2.75) is 39.1 Å². The van der Waals surface area contributed by atoms with Gasteiger partial charge in [0.05, 0.1) is 12.4 Å². The molecule has 0 aliphatic carbocycles. The molecular formula is C19H25N3O4S. The van der Waals surface area contributed by atoms with Crippen molar-refractivity contribution in [2.75, 3.05) is 6.61 Å². The molecule has 1 amide bonds. The Hall–Kier alpha value is -2.45. The maximum absolute atomic E-state index is 12.4. The topological polar surface area (TPSA) is 97.4 Å². The van der Waals surface area contributed by atoms with Crippen LogP contribution in [-0.2, 0) is 22.3 Å². The minimum absolute atomic E-state index is 0.0782. The van der Waals surface area contributed by atoms with E-state index in [1.54, 1.807) is 56.4 Å². The van der Waals surface area contributed by atoms with E-state index in [9.17, 15) is 13.2 Å². The van der Waals surface area contributed by atoms with Crippen molar-refractivity contribution in [3.63, 3.8) is 0 Å². The third-order valence-electron chi connectivity index (χ3n) is 3.54. The highest BCUT2D eigenvalue weighted by Crippen LogP contribution is 2.14. The molecule has 0 saturated heterocycles. The fourth-order valence-electron chi connectivity index (χ4n) is 2.47. The van der Waals surface area contributed by atoms with Crippen LogP contribution >= 0.6 is 0 Å². The van der Waals surface area contributed by atoms with Crippen molar-refractivity contribution in [3.8, 4) is 5.88 Å². The van der Waals surface area contributed by atoms with E-state index >= 15 is 0 Å². The number of hydrogen-bond acceptors (Lipinski definition) is 5. The summed E-state index contributed by atoms with van der Waals surface area (Å²) in [5, 5.41) is 2.82. The summed E-state index contributed by atoms with van der Waals surface area (Å²) in [5.41, 5.74) is 1.93. The molecule has 0 spiro atoms. The highest BCUT2D eigenvalue weighted by molar-refractivity contribution is 7.88. The number of hydrogen-bond donors (Lipinski definition) is 2. The molecule has 8 heteroatoms. The van der Waals surface area contributed by atoms with Crippen LogP contribution in [0.15, 0.2) is 42.6 Å². The Kier molecular flexibility index (Phi) is 7.32. The number of nitrogens with one attached hydrogen (secondary N) is 2. The van der Waals surface area contributed by atoms with Gasteiger partial charge >= 0.3 is 0 Å². The molecule has 1 aromatic carbocycles. The first-order chi connectivity index (χ1) is 12.8. The lowest BCUT2D eigenvalue weighted by atomic mass is 10.1. The molecule has 146 valence electrons. The highest BCUT2D eigenvalue weighted by Gasteiger charge is 2.14. The molecule has 0 atom stereocenters. The van der Waals surface area contributed by atoms with Gasteiger partial charge in [-0.25, -0.2) is 18.1 Å². The van der Waals surface area contributed by atoms with Gasteiger partial charge in [-0.3, -0.25) is 4.79 Å². The maximum Gasteiger partial charge on any atom is 0.257 e. The fraction of sp³-hybridized carbons (Fsp3) is 0.368. The molecule has 1 aromatic heterocycles. The number of rotatable bonds is 9. The number of pyridine rings is 1. The molecule has 2 N–H and O–H groups in total. The van der Waals surface area contributed by atoms with Crippen molar-refractivity contribution in [1.29, 1.82) is 0 Å². The molecule has 0 radical (unpaired) electrons. The Labute approximate surface area is 160 Å². The molecule has 0 unspecified atom stereocenters. The van der Waals surface area contributed by atoms with Crippen LogP contribution in [0, 0.1) is 0 Å². The van der Waals surface area contributed by atoms with Crippen LogP contribution in [0.5, 0.6) is 5.88 Å². The summed E-state index contributed by atoms with van der Waals surface area (Å²) in [6.45, 7) is 6.13. The van der Waals surface area contributed by atoms with Gasteiger partial charge in [-0.15, -0.1) is 0 Å². The highest BCUT2D eigenvalue weighted by atomic mass is 32.2. The molecule has 0 bridgehead atoms. The number of ether oxygens (including phenoxy) is 1. The number of amides is 1. The van der Waals surface area contributed by atoms with Crippen LogP contribution in [0.3, 0.4) is 0 Å². The Morgan fingerprint density at radius 3 is 2.44 bits per heavy atom. The summed E-state index contributed by atoms with van der Waals surface area (Å²) in [6, 6.07) is 10.3. The number of benzene rings is 1. The summed E-state index contributed by atoms with van der Waals surface area (Å²) in [7, 11) is -3.36. The molecule has 0 saturated carbocycles. The van der Waals surface area contributed by atoms with E-state index in [1.807, 2.05) is 6.92 Å². The second kappa shape index (κ2) is 9.48. The van der Waals surface area contributed by atoms with Crippen molar-refractivity contribution in [3.05, 3.63) is 59.3 Å². The first kappa shape index (κ1) is 20.9. The second-order valence-corrected chi connectivity index (χ2v) is 8.07. The normalized spacial score (nSPS) is 11.4. The van der Waals surface area contributed by atoms with E-state index in [0.717, 1.165) is 5.56 Å². The molecular weight excluding hydrogens is 366 g/mol. The van der Waals surface area contributed by atoms with Crippen molar-refractivity contribution < 1.29 is 17.9 Å². The molecule has 2 rings (SSSR count). The van der Waals surface area contributed by atoms with Gasteiger partial charge in [-0.1, -0.05) is 24.3 Å². The Morgan fingerprint density at radius 1 is 1.15 bits per heavy atom. The van der Waals surface area contributed by atoms with E-state index in [2.05, 4.69) is 15.0 Å². The van der Waals surface area contributed by atoms with Gasteiger partial charge in [0.1, 0.15) is 5.56 Å². The minimum Gasteiger partial charge on any atom is -0.477 e. The smallest absolute Gasteiger partial charge is 0.257 e. The zero-order valence-electron chi connectivity index (χ0n) is 15.7. The van der Waals surface area contributed by atoms with Gasteiger partial charge in [0.15, 0.2) is 0 Å². The Bertz CT molecular complexity index is 865. The fourth-order valence-corrected chi connectivity index (χ4v) is 3.90. The van der Waals surface area contributed by atoms with Gasteiger partial charge in [-0.05, 0) is 44.0 Å². The molecule has 27 heavy (non-hydrogen) atoms. The average Bonchev–Trinajstić information content (AvgIpc) is 2.60. The van der Waals surface area contributed by atoms with Gasteiger partial charge in [0, 0.05) is 18.8 Å². The predicted molar refractivity (Wildman–Crippen MR) is 104 cm³/mol. The summed E-state index contributed by atoms with van der Waals surface area (Å²) in [4.78, 5) is 16.4. The van der Waals surface area contributed by atoms with Crippen molar-refractivity contribution in [2.24, 2.45) is 0 Å². The second-order valence-electron chi connectivity index (χ2n) is 6.32. The minimum atomic E-state index is -3.36. The number of carbonyl (C=O) groups is 1. The van der Waals surface area contributed by atoms with Gasteiger partial charge in [0.2, 0.25) is 15.9 Å². The molecule has 0 aliphatic rings. The van der Waals surface area contributed by atoms with Gasteiger partial charge in [-0.2, -0.15) is 0 Å². The number of sulfonamides is 1. The zero-order valence-corrected chi connectivity index (χ0v) is 16.5. The molecule has 7 nitrogen and oxygen atoms in total. The largest absolute Gasteiger partial charge is 0.477 e. The Morgan fingerprint density at radius 2 is 1.81 bits per heavy atom. The van der Waals surface area contributed by atoms with E-state index < -0.39 is 10.0 Å². The lowest BCUT2D eigenvalue weighted by Crippen LogP contribution is -2.31. The molecule has 0 aliphatic heterocycles. The van der Waals surface area contributed by atoms with Crippen LogP contribution in [0.25, 0.3) is 0 Å². The third kappa shape index (κ3) is 6.65. The van der Waals surface area contributed by atoms with E-state index in [-0.39, 0.29) is 17.7 Å². The SMILES string of the molecule is CCOc1ncccc1C(=O)NCc1ccc(CS(=O)(=O)NC(C)C)cc1. The van der Waals surface area contributed by atoms with Gasteiger partial charge in [0.25, 0.3) is 5.91 Å². The van der Waals surface area contributed by atoms with E-state index in [1.165, 1.54) is 0 Å². The maximum atomic E-state index is 12.4. The lowest BCUT2D eigenvalue weighted by molar-refractivity contribution is 0.0946. The molecule has 2 aromatic rings. The van der Waals surface area contributed by atoms with Crippen molar-refractivity contribution >= 4 is 15.9 Å². The third-order valence-corrected chi connectivity index (χ3v) is 5.09. The Balaban J connectivity index is 1.96. The van der Waals surface area contributed by atoms with E-state index in [4.69, 9.17) is 4.74 Å². The summed E-state index contributed by atoms with van der Waals surface area (Å²) in [6.07, 6.45) is 1.57. The number of nitrogens with zero attached hydrogens (tertiary/aromatic N) is 1. The summed E-state index contributed by atoms with van der Waals surface area (Å²) in [5.74, 6) is -0.0550. The van der Waals surface area contributed by atoms with Gasteiger partial charge < -0.3 is 10.1 Å². The zero-order chi connectivity index (χ0) is 19.9. The quantitative estimate of drug-likeness (QED) is 0.683. The van der Waals surface area contributed by atoms with Crippen LogP contribution in [-0.4, -0.2) is 32.0 Å². The van der Waals surface area contributed by atoms with E-state index in [0.29, 0.717) is 30.2 Å². The number of aromatic nitrogens is 1. The molecule has 0 fully saturated rings. The van der Waals surface area contributed by atoms with Crippen LogP contribution in [0.4, 0.5) is 0 Å². The molecule has 1 heterocycles. The standard InChI is InChI=1S/C19H25N3O4S/c1-4-26-19-17(6-5-11-20-19)18(23)21-12-15-7-9-16(10-8-15)13-27(24,25)22-14(2)3/h5-11,14,22H,4,12-13H2,1-3H3,(H,21,23).